The third-order valence-electron chi connectivity index (χ3n) is 2.81. The molecule has 5 nitrogen and oxygen atoms in total. The van der Waals surface area contributed by atoms with Gasteiger partial charge >= 0.3 is 6.03 Å². The molecule has 0 unspecified atom stereocenters. The summed E-state index contributed by atoms with van der Waals surface area (Å²) in [6.07, 6.45) is 0. The molecule has 0 atom stereocenters. The van der Waals surface area contributed by atoms with Crippen molar-refractivity contribution in [1.82, 2.24) is 5.32 Å². The van der Waals surface area contributed by atoms with Crippen LogP contribution in [0.3, 0.4) is 0 Å². The summed E-state index contributed by atoms with van der Waals surface area (Å²) in [5.74, 6) is 1.42. The molecule has 0 aromatic heterocycles. The van der Waals surface area contributed by atoms with Crippen LogP contribution in [0, 0.1) is 0 Å². The SMILES string of the molecule is CCOCCNC(=O)Nc1cccc(Oc2ccccc2)c1. The summed E-state index contributed by atoms with van der Waals surface area (Å²) >= 11 is 0. The van der Waals surface area contributed by atoms with Crippen molar-refractivity contribution in [3.8, 4) is 11.5 Å². The quantitative estimate of drug-likeness (QED) is 0.768. The van der Waals surface area contributed by atoms with Crippen LogP contribution in [0.25, 0.3) is 0 Å². The predicted molar refractivity (Wildman–Crippen MR) is 86.5 cm³/mol. The van der Waals surface area contributed by atoms with Crippen LogP contribution in [0.5, 0.6) is 11.5 Å². The molecule has 2 aromatic rings. The van der Waals surface area contributed by atoms with Gasteiger partial charge in [-0.25, -0.2) is 4.79 Å². The topological polar surface area (TPSA) is 59.6 Å². The Balaban J connectivity index is 1.87. The van der Waals surface area contributed by atoms with Crippen LogP contribution in [0.2, 0.25) is 0 Å². The van der Waals surface area contributed by atoms with E-state index in [1.807, 2.05) is 49.4 Å². The fourth-order valence-electron chi connectivity index (χ4n) is 1.82. The maximum Gasteiger partial charge on any atom is 0.319 e. The Bertz CT molecular complexity index is 587. The molecule has 0 saturated carbocycles. The van der Waals surface area contributed by atoms with E-state index in [4.69, 9.17) is 9.47 Å². The number of urea groups is 1. The summed E-state index contributed by atoms with van der Waals surface area (Å²) in [7, 11) is 0. The Labute approximate surface area is 130 Å². The van der Waals surface area contributed by atoms with E-state index < -0.39 is 0 Å². The molecule has 2 N–H and O–H groups in total. The molecule has 0 spiro atoms. The smallest absolute Gasteiger partial charge is 0.319 e. The van der Waals surface area contributed by atoms with Crippen LogP contribution < -0.4 is 15.4 Å². The second-order valence-electron chi connectivity index (χ2n) is 4.52. The summed E-state index contributed by atoms with van der Waals surface area (Å²) in [4.78, 5) is 11.7. The molecule has 2 aromatic carbocycles. The monoisotopic (exact) mass is 300 g/mol. The van der Waals surface area contributed by atoms with Gasteiger partial charge in [-0.15, -0.1) is 0 Å². The maximum atomic E-state index is 11.7. The molecule has 0 aliphatic rings. The lowest BCUT2D eigenvalue weighted by atomic mass is 10.3. The van der Waals surface area contributed by atoms with Gasteiger partial charge in [0.15, 0.2) is 0 Å². The van der Waals surface area contributed by atoms with Crippen LogP contribution in [-0.4, -0.2) is 25.8 Å². The number of hydrogen-bond donors (Lipinski definition) is 2. The van der Waals surface area contributed by atoms with E-state index >= 15 is 0 Å². The molecule has 0 aliphatic heterocycles. The molecule has 116 valence electrons. The summed E-state index contributed by atoms with van der Waals surface area (Å²) in [6.45, 7) is 3.53. The molecule has 0 heterocycles. The third-order valence-corrected chi connectivity index (χ3v) is 2.81. The highest BCUT2D eigenvalue weighted by Gasteiger charge is 2.03. The minimum Gasteiger partial charge on any atom is -0.457 e. The normalized spacial score (nSPS) is 10.0. The summed E-state index contributed by atoms with van der Waals surface area (Å²) in [5.41, 5.74) is 0.669. The molecule has 0 aliphatic carbocycles. The lowest BCUT2D eigenvalue weighted by Crippen LogP contribution is -2.31. The maximum absolute atomic E-state index is 11.7. The largest absolute Gasteiger partial charge is 0.457 e. The van der Waals surface area contributed by atoms with Crippen molar-refractivity contribution in [2.75, 3.05) is 25.1 Å². The minimum absolute atomic E-state index is 0.267. The van der Waals surface area contributed by atoms with Crippen LogP contribution >= 0.6 is 0 Å². The molecular formula is C17H20N2O3. The van der Waals surface area contributed by atoms with E-state index in [-0.39, 0.29) is 6.03 Å². The van der Waals surface area contributed by atoms with Gasteiger partial charge in [0.2, 0.25) is 0 Å². The van der Waals surface area contributed by atoms with Gasteiger partial charge in [0.05, 0.1) is 6.61 Å². The van der Waals surface area contributed by atoms with Crippen molar-refractivity contribution in [3.05, 3.63) is 54.6 Å². The zero-order chi connectivity index (χ0) is 15.6. The Hall–Kier alpha value is -2.53. The van der Waals surface area contributed by atoms with E-state index in [0.717, 1.165) is 5.75 Å². The van der Waals surface area contributed by atoms with E-state index in [9.17, 15) is 4.79 Å². The first-order valence-electron chi connectivity index (χ1n) is 7.23. The van der Waals surface area contributed by atoms with Crippen molar-refractivity contribution in [1.29, 1.82) is 0 Å². The van der Waals surface area contributed by atoms with E-state index in [1.165, 1.54) is 0 Å². The van der Waals surface area contributed by atoms with Gasteiger partial charge in [0, 0.05) is 24.9 Å². The first-order chi connectivity index (χ1) is 10.8. The lowest BCUT2D eigenvalue weighted by molar-refractivity contribution is 0.150. The molecule has 0 saturated heterocycles. The summed E-state index contributed by atoms with van der Waals surface area (Å²) < 4.78 is 10.9. The number of nitrogens with one attached hydrogen (secondary N) is 2. The fourth-order valence-corrected chi connectivity index (χ4v) is 1.82. The van der Waals surface area contributed by atoms with Gasteiger partial charge < -0.3 is 20.1 Å². The Kier molecular flexibility index (Phi) is 6.26. The predicted octanol–water partition coefficient (Wildman–Crippen LogP) is 3.64. The number of benzene rings is 2. The molecule has 2 amide bonds. The molecule has 5 heteroatoms. The lowest BCUT2D eigenvalue weighted by Gasteiger charge is -2.10. The zero-order valence-electron chi connectivity index (χ0n) is 12.5. The zero-order valence-corrected chi connectivity index (χ0v) is 12.5. The summed E-state index contributed by atoms with van der Waals surface area (Å²) in [6, 6.07) is 16.5. The number of hydrogen-bond acceptors (Lipinski definition) is 3. The highest BCUT2D eigenvalue weighted by molar-refractivity contribution is 5.89. The Morgan fingerprint density at radius 1 is 1.05 bits per heavy atom. The van der Waals surface area contributed by atoms with Gasteiger partial charge in [0.1, 0.15) is 11.5 Å². The van der Waals surface area contributed by atoms with Gasteiger partial charge in [-0.2, -0.15) is 0 Å². The van der Waals surface area contributed by atoms with Crippen molar-refractivity contribution >= 4 is 11.7 Å². The molecule has 0 radical (unpaired) electrons. The van der Waals surface area contributed by atoms with Crippen molar-refractivity contribution in [2.45, 2.75) is 6.92 Å². The molecule has 22 heavy (non-hydrogen) atoms. The van der Waals surface area contributed by atoms with E-state index in [2.05, 4.69) is 10.6 Å². The number of anilines is 1. The van der Waals surface area contributed by atoms with Crippen LogP contribution in [0.1, 0.15) is 6.92 Å². The second kappa shape index (κ2) is 8.69. The number of amides is 2. The van der Waals surface area contributed by atoms with Crippen molar-refractivity contribution in [2.24, 2.45) is 0 Å². The van der Waals surface area contributed by atoms with Gasteiger partial charge in [0.25, 0.3) is 0 Å². The van der Waals surface area contributed by atoms with E-state index in [1.54, 1.807) is 12.1 Å². The number of carbonyl (C=O) groups excluding carboxylic acids is 1. The second-order valence-corrected chi connectivity index (χ2v) is 4.52. The molecular weight excluding hydrogens is 280 g/mol. The third kappa shape index (κ3) is 5.46. The number of ether oxygens (including phenoxy) is 2. The number of carbonyl (C=O) groups is 1. The van der Waals surface area contributed by atoms with Gasteiger partial charge in [-0.05, 0) is 31.2 Å². The Morgan fingerprint density at radius 2 is 1.82 bits per heavy atom. The number of para-hydroxylation sites is 1. The fraction of sp³-hybridized carbons (Fsp3) is 0.235. The Morgan fingerprint density at radius 3 is 2.59 bits per heavy atom. The standard InChI is InChI=1S/C17H20N2O3/c1-2-21-12-11-18-17(20)19-14-7-6-10-16(13-14)22-15-8-4-3-5-9-15/h3-10,13H,2,11-12H2,1H3,(H2,18,19,20). The van der Waals surface area contributed by atoms with Gasteiger partial charge in [-0.1, -0.05) is 24.3 Å². The molecule has 2 rings (SSSR count). The average Bonchev–Trinajstić information content (AvgIpc) is 2.53. The van der Waals surface area contributed by atoms with Gasteiger partial charge in [-0.3, -0.25) is 0 Å². The van der Waals surface area contributed by atoms with E-state index in [0.29, 0.717) is 31.2 Å². The minimum atomic E-state index is -0.267. The molecule has 0 fully saturated rings. The highest BCUT2D eigenvalue weighted by Crippen LogP contribution is 2.23. The van der Waals surface area contributed by atoms with Crippen molar-refractivity contribution < 1.29 is 14.3 Å². The summed E-state index contributed by atoms with van der Waals surface area (Å²) in [5, 5.41) is 5.48. The average molecular weight is 300 g/mol. The van der Waals surface area contributed by atoms with Crippen LogP contribution in [0.4, 0.5) is 10.5 Å². The van der Waals surface area contributed by atoms with Crippen LogP contribution in [0.15, 0.2) is 54.6 Å². The first-order valence-corrected chi connectivity index (χ1v) is 7.23. The highest BCUT2D eigenvalue weighted by atomic mass is 16.5. The first kappa shape index (κ1) is 15.9. The molecule has 0 bridgehead atoms. The van der Waals surface area contributed by atoms with Crippen molar-refractivity contribution in [3.63, 3.8) is 0 Å². The number of rotatable bonds is 7. The van der Waals surface area contributed by atoms with Crippen LogP contribution in [-0.2, 0) is 4.74 Å².